The lowest BCUT2D eigenvalue weighted by Gasteiger charge is -2.09. The predicted molar refractivity (Wildman–Crippen MR) is 60.9 cm³/mol. The van der Waals surface area contributed by atoms with Crippen molar-refractivity contribution in [2.45, 2.75) is 13.3 Å². The minimum absolute atomic E-state index is 0.269. The maximum Gasteiger partial charge on any atom is 0.573 e. The second-order valence-electron chi connectivity index (χ2n) is 3.47. The van der Waals surface area contributed by atoms with Crippen LogP contribution < -0.4 is 4.74 Å². The lowest BCUT2D eigenvalue weighted by atomic mass is 10.2. The fourth-order valence-corrected chi connectivity index (χ4v) is 2.15. The first-order valence-electron chi connectivity index (χ1n) is 4.68. The summed E-state index contributed by atoms with van der Waals surface area (Å²) in [7, 11) is 0. The molecule has 0 unspecified atom stereocenters. The Kier molecular flexibility index (Phi) is 2.99. The summed E-state index contributed by atoms with van der Waals surface area (Å²) in [4.78, 5) is 4.15. The van der Waals surface area contributed by atoms with Crippen LogP contribution in [-0.2, 0) is 0 Å². The fraction of sp³-hybridized carbons (Fsp3) is 0.182. The summed E-state index contributed by atoms with van der Waals surface area (Å²) in [5, 5.41) is 0.741. The van der Waals surface area contributed by atoms with Crippen molar-refractivity contribution in [3.63, 3.8) is 0 Å². The third kappa shape index (κ3) is 2.88. The lowest BCUT2D eigenvalue weighted by molar-refractivity contribution is -0.274. The maximum absolute atomic E-state index is 12.0. The van der Waals surface area contributed by atoms with Gasteiger partial charge in [0.15, 0.2) is 0 Å². The van der Waals surface area contributed by atoms with Crippen LogP contribution in [0.2, 0.25) is 0 Å². The zero-order valence-corrected chi connectivity index (χ0v) is 10.3. The van der Waals surface area contributed by atoms with E-state index in [-0.39, 0.29) is 5.75 Å². The molecule has 0 spiro atoms. The summed E-state index contributed by atoms with van der Waals surface area (Å²) in [5.41, 5.74) is 1.17. The van der Waals surface area contributed by atoms with E-state index in [2.05, 4.69) is 25.7 Å². The fourth-order valence-electron chi connectivity index (χ4n) is 1.49. The SMILES string of the molecule is Cc1cc(Br)c2ccc(OC(F)(F)F)cc2n1. The van der Waals surface area contributed by atoms with Crippen molar-refractivity contribution in [3.8, 4) is 5.75 Å². The molecule has 1 aromatic heterocycles. The van der Waals surface area contributed by atoms with E-state index in [0.717, 1.165) is 9.86 Å². The molecule has 1 heterocycles. The van der Waals surface area contributed by atoms with Crippen molar-refractivity contribution in [3.05, 3.63) is 34.4 Å². The average molecular weight is 306 g/mol. The number of benzene rings is 1. The van der Waals surface area contributed by atoms with E-state index in [9.17, 15) is 13.2 Å². The van der Waals surface area contributed by atoms with Crippen molar-refractivity contribution >= 4 is 26.8 Å². The van der Waals surface area contributed by atoms with Crippen LogP contribution in [0.4, 0.5) is 13.2 Å². The van der Waals surface area contributed by atoms with E-state index in [1.165, 1.54) is 18.2 Å². The molecule has 2 aromatic rings. The largest absolute Gasteiger partial charge is 0.573 e. The van der Waals surface area contributed by atoms with Gasteiger partial charge in [-0.1, -0.05) is 15.9 Å². The van der Waals surface area contributed by atoms with Gasteiger partial charge in [-0.25, -0.2) is 0 Å². The molecule has 0 fully saturated rings. The molecule has 90 valence electrons. The van der Waals surface area contributed by atoms with Gasteiger partial charge in [-0.15, -0.1) is 13.2 Å². The second-order valence-corrected chi connectivity index (χ2v) is 4.33. The monoisotopic (exact) mass is 305 g/mol. The van der Waals surface area contributed by atoms with Crippen LogP contribution in [0.1, 0.15) is 5.69 Å². The van der Waals surface area contributed by atoms with Gasteiger partial charge in [0.25, 0.3) is 0 Å². The van der Waals surface area contributed by atoms with Crippen molar-refractivity contribution in [1.82, 2.24) is 4.98 Å². The predicted octanol–water partition coefficient (Wildman–Crippen LogP) is 4.20. The van der Waals surface area contributed by atoms with E-state index in [4.69, 9.17) is 0 Å². The number of alkyl halides is 3. The Morgan fingerprint density at radius 2 is 1.94 bits per heavy atom. The average Bonchev–Trinajstić information content (AvgIpc) is 2.13. The van der Waals surface area contributed by atoms with Crippen LogP contribution in [0.3, 0.4) is 0 Å². The van der Waals surface area contributed by atoms with Crippen LogP contribution >= 0.6 is 15.9 Å². The maximum atomic E-state index is 12.0. The molecule has 17 heavy (non-hydrogen) atoms. The van der Waals surface area contributed by atoms with Gasteiger partial charge in [-0.3, -0.25) is 4.98 Å². The topological polar surface area (TPSA) is 22.1 Å². The number of pyridine rings is 1. The highest BCUT2D eigenvalue weighted by atomic mass is 79.9. The van der Waals surface area contributed by atoms with Crippen molar-refractivity contribution in [2.24, 2.45) is 0 Å². The Morgan fingerprint density at radius 3 is 2.59 bits per heavy atom. The number of aryl methyl sites for hydroxylation is 1. The minimum Gasteiger partial charge on any atom is -0.406 e. The summed E-state index contributed by atoms with van der Waals surface area (Å²) in [6.07, 6.45) is -4.69. The molecule has 2 nitrogen and oxygen atoms in total. The van der Waals surface area contributed by atoms with E-state index in [1.54, 1.807) is 13.0 Å². The molecule has 2 rings (SSSR count). The van der Waals surface area contributed by atoms with Crippen molar-refractivity contribution < 1.29 is 17.9 Å². The summed E-state index contributed by atoms with van der Waals surface area (Å²) >= 11 is 3.33. The number of nitrogens with zero attached hydrogens (tertiary/aromatic N) is 1. The number of aromatic nitrogens is 1. The number of halogens is 4. The highest BCUT2D eigenvalue weighted by Crippen LogP contribution is 2.29. The zero-order valence-electron chi connectivity index (χ0n) is 8.68. The van der Waals surface area contributed by atoms with E-state index >= 15 is 0 Å². The Labute approximate surface area is 104 Å². The van der Waals surface area contributed by atoms with E-state index in [0.29, 0.717) is 11.2 Å². The van der Waals surface area contributed by atoms with Gasteiger partial charge in [-0.2, -0.15) is 0 Å². The summed E-state index contributed by atoms with van der Waals surface area (Å²) in [6, 6.07) is 5.86. The quantitative estimate of drug-likeness (QED) is 0.787. The first-order chi connectivity index (χ1) is 7.85. The Bertz CT molecular complexity index is 568. The van der Waals surface area contributed by atoms with Crippen LogP contribution in [0.25, 0.3) is 10.9 Å². The molecule has 0 radical (unpaired) electrons. The van der Waals surface area contributed by atoms with Crippen LogP contribution in [0.5, 0.6) is 5.75 Å². The Hall–Kier alpha value is -1.30. The molecule has 0 saturated carbocycles. The standard InChI is InChI=1S/C11H7BrF3NO/c1-6-4-9(12)8-3-2-7(5-10(8)16-6)17-11(13,14)15/h2-5H,1H3. The summed E-state index contributed by atoms with van der Waals surface area (Å²) in [5.74, 6) is -0.269. The summed E-state index contributed by atoms with van der Waals surface area (Å²) in [6.45, 7) is 1.77. The minimum atomic E-state index is -4.69. The van der Waals surface area contributed by atoms with Crippen LogP contribution in [0.15, 0.2) is 28.7 Å². The molecule has 0 N–H and O–H groups in total. The van der Waals surface area contributed by atoms with Crippen LogP contribution in [-0.4, -0.2) is 11.3 Å². The molecular formula is C11H7BrF3NO. The molecule has 1 aromatic carbocycles. The summed E-state index contributed by atoms with van der Waals surface area (Å²) < 4.78 is 40.8. The molecule has 0 atom stereocenters. The molecule has 0 aliphatic heterocycles. The molecule has 0 saturated heterocycles. The highest BCUT2D eigenvalue weighted by molar-refractivity contribution is 9.10. The van der Waals surface area contributed by atoms with E-state index in [1.807, 2.05) is 0 Å². The first kappa shape index (κ1) is 12.2. The molecule has 0 bridgehead atoms. The smallest absolute Gasteiger partial charge is 0.406 e. The van der Waals surface area contributed by atoms with E-state index < -0.39 is 6.36 Å². The molecular weight excluding hydrogens is 299 g/mol. The second kappa shape index (κ2) is 4.18. The van der Waals surface area contributed by atoms with Gasteiger partial charge < -0.3 is 4.74 Å². The molecule has 0 aliphatic rings. The number of hydrogen-bond donors (Lipinski definition) is 0. The number of fused-ring (bicyclic) bond motifs is 1. The van der Waals surface area contributed by atoms with Gasteiger partial charge in [0.2, 0.25) is 0 Å². The number of rotatable bonds is 1. The third-order valence-electron chi connectivity index (χ3n) is 2.09. The highest BCUT2D eigenvalue weighted by Gasteiger charge is 2.31. The first-order valence-corrected chi connectivity index (χ1v) is 5.47. The van der Waals surface area contributed by atoms with Gasteiger partial charge >= 0.3 is 6.36 Å². The molecule has 0 amide bonds. The number of ether oxygens (including phenoxy) is 1. The lowest BCUT2D eigenvalue weighted by Crippen LogP contribution is -2.17. The number of hydrogen-bond acceptors (Lipinski definition) is 2. The molecule has 6 heteroatoms. The normalized spacial score (nSPS) is 11.8. The molecule has 0 aliphatic carbocycles. The van der Waals surface area contributed by atoms with Gasteiger partial charge in [0.05, 0.1) is 5.52 Å². The van der Waals surface area contributed by atoms with Gasteiger partial charge in [0, 0.05) is 21.6 Å². The van der Waals surface area contributed by atoms with Crippen molar-refractivity contribution in [1.29, 1.82) is 0 Å². The van der Waals surface area contributed by atoms with Gasteiger partial charge in [-0.05, 0) is 25.1 Å². The van der Waals surface area contributed by atoms with Gasteiger partial charge in [0.1, 0.15) is 5.75 Å². The third-order valence-corrected chi connectivity index (χ3v) is 2.75. The van der Waals surface area contributed by atoms with Crippen molar-refractivity contribution in [2.75, 3.05) is 0 Å². The van der Waals surface area contributed by atoms with Crippen LogP contribution in [0, 0.1) is 6.92 Å². The Balaban J connectivity index is 2.50. The Morgan fingerprint density at radius 1 is 1.24 bits per heavy atom. The zero-order chi connectivity index (χ0) is 12.6.